The Morgan fingerprint density at radius 3 is 2.07 bits per heavy atom. The summed E-state index contributed by atoms with van der Waals surface area (Å²) in [5.74, 6) is 0. The van der Waals surface area contributed by atoms with E-state index in [0.717, 1.165) is 6.42 Å². The fourth-order valence-corrected chi connectivity index (χ4v) is 13.2. The van der Waals surface area contributed by atoms with Gasteiger partial charge >= 0.3 is 0 Å². The van der Waals surface area contributed by atoms with Gasteiger partial charge in [0.1, 0.15) is 0 Å². The lowest BCUT2D eigenvalue weighted by molar-refractivity contribution is 0.711. The van der Waals surface area contributed by atoms with Gasteiger partial charge in [-0.25, -0.2) is 0 Å². The predicted octanol–water partition coefficient (Wildman–Crippen LogP) is 7.65. The van der Waals surface area contributed by atoms with Crippen LogP contribution in [0.15, 0.2) is 71.6 Å². The Morgan fingerprint density at radius 1 is 0.833 bits per heavy atom. The molecule has 0 saturated heterocycles. The fourth-order valence-electron chi connectivity index (χ4n) is 5.56. The second kappa shape index (κ2) is 8.04. The molecule has 158 valence electrons. The van der Waals surface area contributed by atoms with Crippen LogP contribution in [0.25, 0.3) is 0 Å². The molecule has 0 aromatic heterocycles. The summed E-state index contributed by atoms with van der Waals surface area (Å²) >= 11 is 0. The number of hydrogen-bond donors (Lipinski definition) is 0. The van der Waals surface area contributed by atoms with E-state index in [9.17, 15) is 0 Å². The van der Waals surface area contributed by atoms with Crippen LogP contribution >= 0.6 is 15.8 Å². The number of rotatable bonds is 3. The zero-order chi connectivity index (χ0) is 21.7. The molecule has 30 heavy (non-hydrogen) atoms. The topological polar surface area (TPSA) is 0 Å². The van der Waals surface area contributed by atoms with E-state index in [-0.39, 0.29) is 15.8 Å². The van der Waals surface area contributed by atoms with Crippen molar-refractivity contribution in [3.05, 3.63) is 82.7 Å². The van der Waals surface area contributed by atoms with Gasteiger partial charge in [0.05, 0.1) is 0 Å². The van der Waals surface area contributed by atoms with Crippen molar-refractivity contribution >= 4 is 26.5 Å². The molecule has 1 aliphatic heterocycles. The maximum Gasteiger partial charge on any atom is 0.0134 e. The van der Waals surface area contributed by atoms with Gasteiger partial charge in [0, 0.05) is 5.66 Å². The molecule has 4 rings (SSSR count). The summed E-state index contributed by atoms with van der Waals surface area (Å²) in [4.78, 5) is 0. The van der Waals surface area contributed by atoms with Gasteiger partial charge in [-0.3, -0.25) is 0 Å². The second-order valence-electron chi connectivity index (χ2n) is 10.7. The van der Waals surface area contributed by atoms with Crippen molar-refractivity contribution < 1.29 is 0 Å². The highest BCUT2D eigenvalue weighted by molar-refractivity contribution is 7.74. The highest BCUT2D eigenvalue weighted by Gasteiger charge is 2.42. The van der Waals surface area contributed by atoms with Gasteiger partial charge in [0.2, 0.25) is 0 Å². The first-order valence-electron chi connectivity index (χ1n) is 11.2. The highest BCUT2D eigenvalue weighted by Crippen LogP contribution is 2.68. The molecule has 0 bridgehead atoms. The van der Waals surface area contributed by atoms with E-state index in [2.05, 4.69) is 109 Å². The van der Waals surface area contributed by atoms with Gasteiger partial charge in [0.25, 0.3) is 0 Å². The Bertz CT molecular complexity index is 984. The SMILES string of the molecule is Cc1ccccc1P1c2ccccc2C[C@@H]1C1=C(P(C(C)(C)C)C(C)(C)C)C=CC1. The van der Waals surface area contributed by atoms with E-state index in [0.29, 0.717) is 16.0 Å². The molecule has 1 aliphatic carbocycles. The van der Waals surface area contributed by atoms with Gasteiger partial charge in [-0.1, -0.05) is 116 Å². The Labute approximate surface area is 186 Å². The summed E-state index contributed by atoms with van der Waals surface area (Å²) in [5, 5.41) is 5.50. The van der Waals surface area contributed by atoms with E-state index in [1.54, 1.807) is 27.1 Å². The van der Waals surface area contributed by atoms with Gasteiger partial charge in [-0.2, -0.15) is 0 Å². The molecule has 0 spiro atoms. The lowest BCUT2D eigenvalue weighted by Gasteiger charge is -2.43. The minimum atomic E-state index is -0.362. The standard InChI is InChI=1S/C28H36P2/c1-20-13-8-10-16-23(20)29-24-17-11-9-14-21(24)19-26(29)22-15-12-18-25(22)30(27(2,3)4)28(5,6)7/h8-14,16-18,26H,15,19H2,1-7H3/t26-,29?/m1/s1. The number of benzene rings is 2. The van der Waals surface area contributed by atoms with Crippen LogP contribution in [0.1, 0.15) is 59.1 Å². The first-order valence-corrected chi connectivity index (χ1v) is 14.0. The Kier molecular flexibility index (Phi) is 5.89. The summed E-state index contributed by atoms with van der Waals surface area (Å²) < 4.78 is 0. The number of fused-ring (bicyclic) bond motifs is 1. The maximum absolute atomic E-state index is 2.51. The lowest BCUT2D eigenvalue weighted by atomic mass is 10.0. The minimum Gasteiger partial charge on any atom is -0.0798 e. The molecule has 0 amide bonds. The van der Waals surface area contributed by atoms with E-state index in [4.69, 9.17) is 0 Å². The van der Waals surface area contributed by atoms with Crippen LogP contribution in [0, 0.1) is 6.92 Å². The third-order valence-electron chi connectivity index (χ3n) is 6.28. The van der Waals surface area contributed by atoms with E-state index in [1.807, 2.05) is 0 Å². The van der Waals surface area contributed by atoms with Crippen molar-refractivity contribution in [3.8, 4) is 0 Å². The van der Waals surface area contributed by atoms with E-state index >= 15 is 0 Å². The first kappa shape index (κ1) is 22.0. The van der Waals surface area contributed by atoms with Crippen LogP contribution in [0.4, 0.5) is 0 Å². The number of allylic oxidation sites excluding steroid dienone is 4. The smallest absolute Gasteiger partial charge is 0.0134 e. The molecule has 0 N–H and O–H groups in total. The Morgan fingerprint density at radius 2 is 1.43 bits per heavy atom. The molecular formula is C28H36P2. The lowest BCUT2D eigenvalue weighted by Crippen LogP contribution is -2.27. The van der Waals surface area contributed by atoms with Crippen LogP contribution in [0.2, 0.25) is 0 Å². The molecule has 2 aromatic carbocycles. The zero-order valence-electron chi connectivity index (χ0n) is 19.7. The van der Waals surface area contributed by atoms with Crippen LogP contribution in [0.3, 0.4) is 0 Å². The van der Waals surface area contributed by atoms with Crippen LogP contribution < -0.4 is 10.6 Å². The van der Waals surface area contributed by atoms with Gasteiger partial charge in [-0.05, 0) is 65.0 Å². The van der Waals surface area contributed by atoms with Gasteiger partial charge in [-0.15, -0.1) is 0 Å². The largest absolute Gasteiger partial charge is 0.0798 e. The molecular weight excluding hydrogens is 398 g/mol. The quantitative estimate of drug-likeness (QED) is 0.435. The monoisotopic (exact) mass is 434 g/mol. The summed E-state index contributed by atoms with van der Waals surface area (Å²) in [7, 11) is -0.630. The molecule has 0 saturated carbocycles. The first-order chi connectivity index (χ1) is 14.1. The molecule has 0 radical (unpaired) electrons. The molecule has 0 nitrogen and oxygen atoms in total. The van der Waals surface area contributed by atoms with Crippen molar-refractivity contribution in [2.45, 2.75) is 77.3 Å². The Hall–Kier alpha value is -1.22. The Balaban J connectivity index is 1.88. The summed E-state index contributed by atoms with van der Waals surface area (Å²) in [5.41, 5.74) is 5.41. The molecule has 2 aromatic rings. The van der Waals surface area contributed by atoms with E-state index in [1.165, 1.54) is 12.0 Å². The second-order valence-corrected chi connectivity index (χ2v) is 16.9. The van der Waals surface area contributed by atoms with Crippen molar-refractivity contribution in [1.82, 2.24) is 0 Å². The third kappa shape index (κ3) is 3.99. The molecule has 2 heteroatoms. The minimum absolute atomic E-state index is 0.268. The van der Waals surface area contributed by atoms with Crippen LogP contribution in [-0.4, -0.2) is 16.0 Å². The summed E-state index contributed by atoms with van der Waals surface area (Å²) in [6.07, 6.45) is 7.30. The van der Waals surface area contributed by atoms with Gasteiger partial charge in [0.15, 0.2) is 0 Å². The molecule has 0 fully saturated rings. The number of hydrogen-bond acceptors (Lipinski definition) is 0. The maximum atomic E-state index is 2.51. The average Bonchev–Trinajstić information content (AvgIpc) is 3.24. The normalized spacial score (nSPS) is 21.6. The van der Waals surface area contributed by atoms with Crippen LogP contribution in [0.5, 0.6) is 0 Å². The van der Waals surface area contributed by atoms with Crippen molar-refractivity contribution in [3.63, 3.8) is 0 Å². The third-order valence-corrected chi connectivity index (χ3v) is 13.0. The van der Waals surface area contributed by atoms with Crippen molar-refractivity contribution in [2.75, 3.05) is 0 Å². The average molecular weight is 435 g/mol. The molecule has 1 heterocycles. The zero-order valence-corrected chi connectivity index (χ0v) is 21.4. The summed E-state index contributed by atoms with van der Waals surface area (Å²) in [6, 6.07) is 18.4. The molecule has 2 atom stereocenters. The molecule has 2 aliphatic rings. The highest BCUT2D eigenvalue weighted by atomic mass is 31.1. The fraction of sp³-hybridized carbons (Fsp3) is 0.429. The van der Waals surface area contributed by atoms with Crippen molar-refractivity contribution in [1.29, 1.82) is 0 Å². The predicted molar refractivity (Wildman–Crippen MR) is 139 cm³/mol. The van der Waals surface area contributed by atoms with Crippen molar-refractivity contribution in [2.24, 2.45) is 0 Å². The number of aryl methyl sites for hydroxylation is 1. The van der Waals surface area contributed by atoms with Crippen LogP contribution in [-0.2, 0) is 6.42 Å². The molecule has 1 unspecified atom stereocenters. The van der Waals surface area contributed by atoms with Gasteiger partial charge < -0.3 is 0 Å². The summed E-state index contributed by atoms with van der Waals surface area (Å²) in [6.45, 7) is 17.0. The van der Waals surface area contributed by atoms with E-state index < -0.39 is 0 Å².